The van der Waals surface area contributed by atoms with E-state index >= 15 is 0 Å². The average molecular weight is 404 g/mol. The topological polar surface area (TPSA) is 88.9 Å². The molecular formula is C23H20N2O5. The molecule has 3 aromatic rings. The van der Waals surface area contributed by atoms with E-state index in [0.717, 1.165) is 11.1 Å². The van der Waals surface area contributed by atoms with E-state index in [2.05, 4.69) is 5.32 Å². The van der Waals surface area contributed by atoms with Gasteiger partial charge in [0.1, 0.15) is 6.04 Å². The predicted octanol–water partition coefficient (Wildman–Crippen LogP) is 3.58. The van der Waals surface area contributed by atoms with Gasteiger partial charge in [0, 0.05) is 23.4 Å². The van der Waals surface area contributed by atoms with Gasteiger partial charge in [-0.3, -0.25) is 14.5 Å². The number of esters is 1. The predicted molar refractivity (Wildman–Crippen MR) is 111 cm³/mol. The second-order valence-corrected chi connectivity index (χ2v) is 7.01. The van der Waals surface area contributed by atoms with Crippen molar-refractivity contribution in [2.75, 3.05) is 17.3 Å². The van der Waals surface area contributed by atoms with E-state index in [4.69, 9.17) is 9.15 Å². The third-order valence-corrected chi connectivity index (χ3v) is 5.15. The number of aryl methyl sites for hydroxylation is 1. The van der Waals surface area contributed by atoms with Crippen LogP contribution in [0.3, 0.4) is 0 Å². The van der Waals surface area contributed by atoms with Gasteiger partial charge in [-0.2, -0.15) is 0 Å². The van der Waals surface area contributed by atoms with Crippen LogP contribution >= 0.6 is 0 Å². The number of rotatable bonds is 4. The van der Waals surface area contributed by atoms with Gasteiger partial charge in [0.15, 0.2) is 5.76 Å². The van der Waals surface area contributed by atoms with Gasteiger partial charge in [0.2, 0.25) is 0 Å². The number of benzene rings is 2. The summed E-state index contributed by atoms with van der Waals surface area (Å²) >= 11 is 0. The molecule has 1 aromatic heterocycles. The summed E-state index contributed by atoms with van der Waals surface area (Å²) in [7, 11) is 1.31. The van der Waals surface area contributed by atoms with Crippen molar-refractivity contribution in [2.24, 2.45) is 0 Å². The number of nitrogens with zero attached hydrogens (tertiary/aromatic N) is 1. The molecule has 0 radical (unpaired) electrons. The maximum absolute atomic E-state index is 13.4. The lowest BCUT2D eigenvalue weighted by molar-refractivity contribution is -0.141. The standard InChI is InChI=1S/C23H20N2O5/c1-14-9-10-16(12-17(14)24-21(26)20-8-5-11-30-20)22(27)25-18-7-4-3-6-15(18)13-19(25)23(28)29-2/h3-12,19H,13H2,1-2H3,(H,24,26). The number of nitrogens with one attached hydrogen (secondary N) is 1. The first-order valence-corrected chi connectivity index (χ1v) is 9.44. The van der Waals surface area contributed by atoms with Crippen molar-refractivity contribution >= 4 is 29.2 Å². The van der Waals surface area contributed by atoms with E-state index in [0.29, 0.717) is 23.4 Å². The summed E-state index contributed by atoms with van der Waals surface area (Å²) in [5.41, 5.74) is 3.21. The number of furan rings is 1. The summed E-state index contributed by atoms with van der Waals surface area (Å²) in [6.45, 7) is 1.83. The van der Waals surface area contributed by atoms with E-state index in [-0.39, 0.29) is 11.7 Å². The molecule has 30 heavy (non-hydrogen) atoms. The van der Waals surface area contributed by atoms with Gasteiger partial charge in [-0.1, -0.05) is 24.3 Å². The number of para-hydroxylation sites is 1. The van der Waals surface area contributed by atoms with Crippen LogP contribution in [0.5, 0.6) is 0 Å². The Bertz CT molecular complexity index is 1120. The number of amides is 2. The van der Waals surface area contributed by atoms with Crippen molar-refractivity contribution in [1.82, 2.24) is 0 Å². The number of ether oxygens (including phenoxy) is 1. The van der Waals surface area contributed by atoms with Gasteiger partial charge >= 0.3 is 5.97 Å². The fourth-order valence-electron chi connectivity index (χ4n) is 3.58. The molecule has 0 saturated heterocycles. The van der Waals surface area contributed by atoms with Crippen LogP contribution in [0.4, 0.5) is 11.4 Å². The number of carbonyl (C=O) groups is 3. The minimum absolute atomic E-state index is 0.172. The number of hydrogen-bond donors (Lipinski definition) is 1. The van der Waals surface area contributed by atoms with Gasteiger partial charge < -0.3 is 14.5 Å². The molecule has 1 aliphatic rings. The number of hydrogen-bond acceptors (Lipinski definition) is 5. The number of methoxy groups -OCH3 is 1. The molecule has 0 fully saturated rings. The summed E-state index contributed by atoms with van der Waals surface area (Å²) in [5.74, 6) is -1.06. The van der Waals surface area contributed by atoms with Gasteiger partial charge in [0.25, 0.3) is 11.8 Å². The smallest absolute Gasteiger partial charge is 0.329 e. The van der Waals surface area contributed by atoms with Crippen molar-refractivity contribution in [3.05, 3.63) is 83.3 Å². The van der Waals surface area contributed by atoms with Crippen molar-refractivity contribution in [3.8, 4) is 0 Å². The zero-order valence-corrected chi connectivity index (χ0v) is 16.5. The van der Waals surface area contributed by atoms with Gasteiger partial charge in [0.05, 0.1) is 13.4 Å². The third-order valence-electron chi connectivity index (χ3n) is 5.15. The van der Waals surface area contributed by atoms with Crippen molar-refractivity contribution in [3.63, 3.8) is 0 Å². The lowest BCUT2D eigenvalue weighted by Gasteiger charge is -2.24. The summed E-state index contributed by atoms with van der Waals surface area (Å²) in [5, 5.41) is 2.77. The fraction of sp³-hybridized carbons (Fsp3) is 0.174. The van der Waals surface area contributed by atoms with Crippen LogP contribution in [0, 0.1) is 6.92 Å². The quantitative estimate of drug-likeness (QED) is 0.672. The Labute approximate surface area is 173 Å². The highest BCUT2D eigenvalue weighted by molar-refractivity contribution is 6.12. The average Bonchev–Trinajstić information content (AvgIpc) is 3.42. The highest BCUT2D eigenvalue weighted by Gasteiger charge is 2.39. The van der Waals surface area contributed by atoms with Gasteiger partial charge in [-0.05, 0) is 48.4 Å². The lowest BCUT2D eigenvalue weighted by Crippen LogP contribution is -2.43. The van der Waals surface area contributed by atoms with E-state index in [1.165, 1.54) is 18.3 Å². The Morgan fingerprint density at radius 1 is 1.10 bits per heavy atom. The molecule has 1 aliphatic heterocycles. The monoisotopic (exact) mass is 404 g/mol. The maximum atomic E-state index is 13.4. The summed E-state index contributed by atoms with van der Waals surface area (Å²) < 4.78 is 10.0. The Balaban J connectivity index is 1.67. The van der Waals surface area contributed by atoms with Crippen LogP contribution in [0.15, 0.2) is 65.3 Å². The van der Waals surface area contributed by atoms with Crippen LogP contribution in [-0.4, -0.2) is 30.9 Å². The van der Waals surface area contributed by atoms with Crippen LogP contribution in [0.2, 0.25) is 0 Å². The largest absolute Gasteiger partial charge is 0.467 e. The lowest BCUT2D eigenvalue weighted by atomic mass is 10.1. The molecule has 0 saturated carbocycles. The minimum Gasteiger partial charge on any atom is -0.467 e. The summed E-state index contributed by atoms with van der Waals surface area (Å²) in [6.07, 6.45) is 1.81. The van der Waals surface area contributed by atoms with Crippen molar-refractivity contribution in [1.29, 1.82) is 0 Å². The molecule has 7 heteroatoms. The molecule has 7 nitrogen and oxygen atoms in total. The number of carbonyl (C=O) groups excluding carboxylic acids is 3. The maximum Gasteiger partial charge on any atom is 0.329 e. The van der Waals surface area contributed by atoms with Crippen LogP contribution in [0.25, 0.3) is 0 Å². The van der Waals surface area contributed by atoms with Crippen LogP contribution in [-0.2, 0) is 16.0 Å². The molecule has 0 bridgehead atoms. The molecule has 2 amide bonds. The normalized spacial score (nSPS) is 14.9. The van der Waals surface area contributed by atoms with Gasteiger partial charge in [-0.25, -0.2) is 4.79 Å². The first-order valence-electron chi connectivity index (χ1n) is 9.44. The molecular weight excluding hydrogens is 384 g/mol. The molecule has 0 spiro atoms. The molecule has 0 aliphatic carbocycles. The Hall–Kier alpha value is -3.87. The summed E-state index contributed by atoms with van der Waals surface area (Å²) in [6, 6.07) is 14.9. The third kappa shape index (κ3) is 3.45. The molecule has 2 aromatic carbocycles. The first-order chi connectivity index (χ1) is 14.5. The SMILES string of the molecule is COC(=O)C1Cc2ccccc2N1C(=O)c1ccc(C)c(NC(=O)c2ccco2)c1. The number of anilines is 2. The minimum atomic E-state index is -0.734. The Morgan fingerprint density at radius 3 is 2.63 bits per heavy atom. The van der Waals surface area contributed by atoms with Crippen molar-refractivity contribution in [2.45, 2.75) is 19.4 Å². The second kappa shape index (κ2) is 7.87. The van der Waals surface area contributed by atoms with E-state index in [1.54, 1.807) is 30.3 Å². The summed E-state index contributed by atoms with van der Waals surface area (Å²) in [4.78, 5) is 39.6. The van der Waals surface area contributed by atoms with Gasteiger partial charge in [-0.15, -0.1) is 0 Å². The zero-order valence-electron chi connectivity index (χ0n) is 16.5. The Kier molecular flexibility index (Phi) is 5.10. The molecule has 1 atom stereocenters. The van der Waals surface area contributed by atoms with Crippen LogP contribution < -0.4 is 10.2 Å². The first kappa shape index (κ1) is 19.4. The molecule has 1 N–H and O–H groups in total. The highest BCUT2D eigenvalue weighted by atomic mass is 16.5. The molecule has 2 heterocycles. The van der Waals surface area contributed by atoms with Crippen LogP contribution in [0.1, 0.15) is 32.0 Å². The Morgan fingerprint density at radius 2 is 1.90 bits per heavy atom. The van der Waals surface area contributed by atoms with Crippen molar-refractivity contribution < 1.29 is 23.5 Å². The zero-order chi connectivity index (χ0) is 21.3. The van der Waals surface area contributed by atoms with E-state index < -0.39 is 17.9 Å². The van der Waals surface area contributed by atoms with E-state index in [1.807, 2.05) is 31.2 Å². The molecule has 152 valence electrons. The second-order valence-electron chi connectivity index (χ2n) is 7.01. The molecule has 4 rings (SSSR count). The number of fused-ring (bicyclic) bond motifs is 1. The molecule has 1 unspecified atom stereocenters. The highest BCUT2D eigenvalue weighted by Crippen LogP contribution is 2.34. The van der Waals surface area contributed by atoms with E-state index in [9.17, 15) is 14.4 Å². The fourth-order valence-corrected chi connectivity index (χ4v) is 3.58.